The lowest BCUT2D eigenvalue weighted by molar-refractivity contribution is 0.0527. The van der Waals surface area contributed by atoms with E-state index in [9.17, 15) is 9.90 Å². The molecule has 1 aliphatic rings. The van der Waals surface area contributed by atoms with Crippen molar-refractivity contribution in [3.8, 4) is 5.69 Å². The van der Waals surface area contributed by atoms with Crippen LogP contribution in [0.2, 0.25) is 5.02 Å². The number of benzene rings is 2. The van der Waals surface area contributed by atoms with Gasteiger partial charge in [-0.05, 0) is 17.7 Å². The van der Waals surface area contributed by atoms with Gasteiger partial charge in [0.05, 0.1) is 28.6 Å². The van der Waals surface area contributed by atoms with Crippen molar-refractivity contribution in [2.24, 2.45) is 0 Å². The van der Waals surface area contributed by atoms with Crippen LogP contribution < -0.4 is 0 Å². The maximum Gasteiger partial charge on any atom is 0.257 e. The smallest absolute Gasteiger partial charge is 0.257 e. The fourth-order valence-electron chi connectivity index (χ4n) is 3.54. The van der Waals surface area contributed by atoms with E-state index >= 15 is 0 Å². The predicted octanol–water partition coefficient (Wildman–Crippen LogP) is 3.02. The molecule has 0 radical (unpaired) electrons. The van der Waals surface area contributed by atoms with Crippen LogP contribution in [0.1, 0.15) is 22.0 Å². The Balaban J connectivity index is 1.34. The molecule has 2 aromatic carbocycles. The Morgan fingerprint density at radius 1 is 1.03 bits per heavy atom. The molecule has 0 saturated carbocycles. The molecule has 1 fully saturated rings. The minimum atomic E-state index is -0.521. The van der Waals surface area contributed by atoms with Crippen LogP contribution in [0.4, 0.5) is 0 Å². The molecule has 1 N–H and O–H groups in total. The predicted molar refractivity (Wildman–Crippen MR) is 112 cm³/mol. The van der Waals surface area contributed by atoms with E-state index in [2.05, 4.69) is 10.00 Å². The molecule has 29 heavy (non-hydrogen) atoms. The minimum Gasteiger partial charge on any atom is -0.387 e. The van der Waals surface area contributed by atoms with Gasteiger partial charge in [-0.2, -0.15) is 5.10 Å². The molecule has 1 saturated heterocycles. The van der Waals surface area contributed by atoms with Gasteiger partial charge in [-0.15, -0.1) is 0 Å². The van der Waals surface area contributed by atoms with E-state index in [-0.39, 0.29) is 5.91 Å². The Labute approximate surface area is 174 Å². The first-order chi connectivity index (χ1) is 14.1. The van der Waals surface area contributed by atoms with Crippen LogP contribution in [-0.2, 0) is 0 Å². The van der Waals surface area contributed by atoms with Gasteiger partial charge in [0.25, 0.3) is 5.91 Å². The molecule has 3 aromatic rings. The number of carbonyl (C=O) groups excluding carboxylic acids is 1. The average Bonchev–Trinajstić information content (AvgIpc) is 3.25. The third-order valence-corrected chi connectivity index (χ3v) is 5.52. The Morgan fingerprint density at radius 2 is 1.72 bits per heavy atom. The summed E-state index contributed by atoms with van der Waals surface area (Å²) < 4.78 is 1.63. The lowest BCUT2D eigenvalue weighted by Crippen LogP contribution is -2.49. The zero-order valence-corrected chi connectivity index (χ0v) is 16.7. The Bertz CT molecular complexity index is 968. The SMILES string of the molecule is O=C(c1cnn(-c2ccccc2Cl)c1)N1CCN(CC(O)c2ccccc2)CC1. The van der Waals surface area contributed by atoms with E-state index in [4.69, 9.17) is 11.6 Å². The Morgan fingerprint density at radius 3 is 2.45 bits per heavy atom. The van der Waals surface area contributed by atoms with Gasteiger partial charge in [0.2, 0.25) is 0 Å². The maximum absolute atomic E-state index is 12.9. The van der Waals surface area contributed by atoms with Gasteiger partial charge in [0, 0.05) is 38.9 Å². The first-order valence-electron chi connectivity index (χ1n) is 9.66. The summed E-state index contributed by atoms with van der Waals surface area (Å²) in [6.45, 7) is 3.27. The fraction of sp³-hybridized carbons (Fsp3) is 0.273. The number of halogens is 1. The highest BCUT2D eigenvalue weighted by atomic mass is 35.5. The van der Waals surface area contributed by atoms with Gasteiger partial charge >= 0.3 is 0 Å². The van der Waals surface area contributed by atoms with Gasteiger partial charge in [-0.3, -0.25) is 9.69 Å². The van der Waals surface area contributed by atoms with Crippen LogP contribution in [0.25, 0.3) is 5.69 Å². The number of rotatable bonds is 5. The number of para-hydroxylation sites is 1. The molecule has 7 heteroatoms. The van der Waals surface area contributed by atoms with Crippen LogP contribution in [0.15, 0.2) is 67.0 Å². The van der Waals surface area contributed by atoms with Crippen LogP contribution in [0, 0.1) is 0 Å². The molecular formula is C22H23ClN4O2. The van der Waals surface area contributed by atoms with E-state index in [1.165, 1.54) is 0 Å². The number of hydrogen-bond acceptors (Lipinski definition) is 4. The van der Waals surface area contributed by atoms with E-state index in [0.29, 0.717) is 30.2 Å². The summed E-state index contributed by atoms with van der Waals surface area (Å²) in [5.41, 5.74) is 2.20. The van der Waals surface area contributed by atoms with Crippen molar-refractivity contribution in [2.45, 2.75) is 6.10 Å². The molecule has 1 unspecified atom stereocenters. The van der Waals surface area contributed by atoms with Crippen LogP contribution >= 0.6 is 11.6 Å². The van der Waals surface area contributed by atoms with Crippen molar-refractivity contribution in [1.29, 1.82) is 0 Å². The number of amides is 1. The number of aromatic nitrogens is 2. The van der Waals surface area contributed by atoms with Crippen LogP contribution in [0.3, 0.4) is 0 Å². The molecule has 0 bridgehead atoms. The molecule has 1 atom stereocenters. The lowest BCUT2D eigenvalue weighted by Gasteiger charge is -2.35. The first kappa shape index (κ1) is 19.6. The fourth-order valence-corrected chi connectivity index (χ4v) is 3.77. The second-order valence-corrected chi connectivity index (χ2v) is 7.55. The summed E-state index contributed by atoms with van der Waals surface area (Å²) in [6.07, 6.45) is 2.78. The Hall–Kier alpha value is -2.67. The van der Waals surface area contributed by atoms with Crippen LogP contribution in [-0.4, -0.2) is 63.3 Å². The van der Waals surface area contributed by atoms with Crippen molar-refractivity contribution in [1.82, 2.24) is 19.6 Å². The topological polar surface area (TPSA) is 61.6 Å². The molecule has 1 amide bonds. The van der Waals surface area contributed by atoms with E-state index < -0.39 is 6.10 Å². The summed E-state index contributed by atoms with van der Waals surface area (Å²) in [7, 11) is 0. The standard InChI is InChI=1S/C22H23ClN4O2/c23-19-8-4-5-9-20(19)27-15-18(14-24-27)22(29)26-12-10-25(11-13-26)16-21(28)17-6-2-1-3-7-17/h1-9,14-15,21,28H,10-13,16H2. The number of hydrogen-bond donors (Lipinski definition) is 1. The molecule has 0 aliphatic carbocycles. The number of piperazine rings is 1. The van der Waals surface area contributed by atoms with Gasteiger partial charge in [0.1, 0.15) is 0 Å². The van der Waals surface area contributed by atoms with E-state index in [1.807, 2.05) is 53.4 Å². The van der Waals surface area contributed by atoms with Gasteiger partial charge in [0.15, 0.2) is 0 Å². The van der Waals surface area contributed by atoms with E-state index in [1.54, 1.807) is 23.1 Å². The second kappa shape index (κ2) is 8.78. The maximum atomic E-state index is 12.9. The monoisotopic (exact) mass is 410 g/mol. The molecule has 6 nitrogen and oxygen atoms in total. The zero-order chi connectivity index (χ0) is 20.2. The summed E-state index contributed by atoms with van der Waals surface area (Å²) in [5.74, 6) is -0.0356. The largest absolute Gasteiger partial charge is 0.387 e. The third-order valence-electron chi connectivity index (χ3n) is 5.20. The normalized spacial score (nSPS) is 16.0. The number of carbonyl (C=O) groups is 1. The highest BCUT2D eigenvalue weighted by Gasteiger charge is 2.24. The molecule has 2 heterocycles. The molecule has 150 valence electrons. The summed E-state index contributed by atoms with van der Waals surface area (Å²) in [5, 5.41) is 15.3. The molecule has 0 spiro atoms. The zero-order valence-electron chi connectivity index (χ0n) is 16.0. The molecule has 1 aromatic heterocycles. The highest BCUT2D eigenvalue weighted by Crippen LogP contribution is 2.20. The van der Waals surface area contributed by atoms with E-state index in [0.717, 1.165) is 24.3 Å². The third kappa shape index (κ3) is 4.50. The molecule has 1 aliphatic heterocycles. The van der Waals surface area contributed by atoms with Gasteiger partial charge < -0.3 is 10.0 Å². The number of nitrogens with zero attached hydrogens (tertiary/aromatic N) is 4. The quantitative estimate of drug-likeness (QED) is 0.702. The van der Waals surface area contributed by atoms with Crippen molar-refractivity contribution in [3.05, 3.63) is 83.1 Å². The second-order valence-electron chi connectivity index (χ2n) is 7.14. The number of β-amino-alcohol motifs (C(OH)–C–C–N with tert-alkyl or cyclic N) is 1. The van der Waals surface area contributed by atoms with Crippen molar-refractivity contribution < 1.29 is 9.90 Å². The molecular weight excluding hydrogens is 388 g/mol. The lowest BCUT2D eigenvalue weighted by atomic mass is 10.1. The summed E-state index contributed by atoms with van der Waals surface area (Å²) in [6, 6.07) is 17.1. The highest BCUT2D eigenvalue weighted by molar-refractivity contribution is 6.32. The van der Waals surface area contributed by atoms with Crippen molar-refractivity contribution in [3.63, 3.8) is 0 Å². The number of aliphatic hydroxyl groups excluding tert-OH is 1. The first-order valence-corrected chi connectivity index (χ1v) is 10.0. The minimum absolute atomic E-state index is 0.0356. The van der Waals surface area contributed by atoms with Crippen molar-refractivity contribution >= 4 is 17.5 Å². The van der Waals surface area contributed by atoms with Gasteiger partial charge in [-0.25, -0.2) is 4.68 Å². The number of aliphatic hydroxyl groups is 1. The Kier molecular flexibility index (Phi) is 5.94. The average molecular weight is 411 g/mol. The van der Waals surface area contributed by atoms with Crippen LogP contribution in [0.5, 0.6) is 0 Å². The summed E-state index contributed by atoms with van der Waals surface area (Å²) in [4.78, 5) is 16.9. The van der Waals surface area contributed by atoms with Gasteiger partial charge in [-0.1, -0.05) is 54.1 Å². The summed E-state index contributed by atoms with van der Waals surface area (Å²) >= 11 is 6.22. The molecule has 4 rings (SSSR count). The van der Waals surface area contributed by atoms with Crippen molar-refractivity contribution in [2.75, 3.05) is 32.7 Å².